The van der Waals surface area contributed by atoms with Crippen LogP contribution in [0, 0.1) is 0 Å². The largest absolute Gasteiger partial charge is 1.00 e. The zero-order valence-corrected chi connectivity index (χ0v) is 23.2. The summed E-state index contributed by atoms with van der Waals surface area (Å²) in [5, 5.41) is 13.0. The van der Waals surface area contributed by atoms with Crippen LogP contribution in [-0.4, -0.2) is 37.1 Å². The number of hydrogen-bond donors (Lipinski definition) is 2. The van der Waals surface area contributed by atoms with Crippen LogP contribution < -0.4 is 66.3 Å². The molecule has 2 aromatic carbocycles. The fourth-order valence-corrected chi connectivity index (χ4v) is 4.44. The van der Waals surface area contributed by atoms with E-state index >= 15 is 0 Å². The maximum atomic E-state index is 12.1. The van der Waals surface area contributed by atoms with Gasteiger partial charge >= 0.3 is 57.4 Å². The summed E-state index contributed by atoms with van der Waals surface area (Å²) in [5.74, 6) is -0.762. The van der Waals surface area contributed by atoms with E-state index in [-0.39, 0.29) is 70.2 Å². The Hall–Kier alpha value is -1.22. The topological polar surface area (TPSA) is 78.9 Å². The molecule has 1 aliphatic heterocycles. The molecular weight excluding hydrogens is 443 g/mol. The number of carboxylic acids is 1. The number of aldehydes is 1. The SMILES string of the molecule is CCCC(NC(C=O)c1ccc(C(=O)O)c(OCC)c1)c1ccccc1N1CCCCC1.[H-].[K+]. The van der Waals surface area contributed by atoms with Crippen molar-refractivity contribution in [2.75, 3.05) is 24.6 Å². The third-order valence-corrected chi connectivity index (χ3v) is 6.00. The van der Waals surface area contributed by atoms with Crippen LogP contribution in [0.3, 0.4) is 0 Å². The number of nitrogens with one attached hydrogen (secondary N) is 1. The number of carboxylic acid groups (broad SMARTS) is 1. The first-order valence-corrected chi connectivity index (χ1v) is 11.6. The second-order valence-corrected chi connectivity index (χ2v) is 8.22. The zero-order valence-electron chi connectivity index (χ0n) is 21.0. The smallest absolute Gasteiger partial charge is 1.00 e. The summed E-state index contributed by atoms with van der Waals surface area (Å²) < 4.78 is 5.54. The molecular formula is C26H35KN2O4. The third kappa shape index (κ3) is 7.38. The van der Waals surface area contributed by atoms with Gasteiger partial charge in [0.1, 0.15) is 17.6 Å². The first-order chi connectivity index (χ1) is 15.6. The number of nitrogens with zero attached hydrogens (tertiary/aromatic N) is 1. The Balaban J connectivity index is 0.00000289. The fraction of sp³-hybridized carbons (Fsp3) is 0.462. The fourth-order valence-electron chi connectivity index (χ4n) is 4.44. The molecule has 3 rings (SSSR count). The van der Waals surface area contributed by atoms with Crippen molar-refractivity contribution >= 4 is 17.9 Å². The average Bonchev–Trinajstić information content (AvgIpc) is 2.82. The number of rotatable bonds is 11. The zero-order chi connectivity index (χ0) is 22.9. The van der Waals surface area contributed by atoms with Gasteiger partial charge < -0.3 is 21.0 Å². The van der Waals surface area contributed by atoms with Gasteiger partial charge in [0, 0.05) is 24.8 Å². The number of anilines is 1. The van der Waals surface area contributed by atoms with Gasteiger partial charge in [0.05, 0.1) is 12.6 Å². The average molecular weight is 479 g/mol. The van der Waals surface area contributed by atoms with Crippen LogP contribution in [0.5, 0.6) is 5.75 Å². The van der Waals surface area contributed by atoms with E-state index in [2.05, 4.69) is 41.4 Å². The number of benzene rings is 2. The predicted molar refractivity (Wildman–Crippen MR) is 128 cm³/mol. The van der Waals surface area contributed by atoms with E-state index in [9.17, 15) is 14.7 Å². The van der Waals surface area contributed by atoms with E-state index in [1.807, 2.05) is 6.92 Å². The van der Waals surface area contributed by atoms with Gasteiger partial charge in [-0.1, -0.05) is 37.6 Å². The minimum absolute atomic E-state index is 0. The minimum atomic E-state index is -1.05. The standard InChI is InChI=1S/C26H34N2O4.K.H/c1-3-10-22(20-11-6-7-12-24(20)28-15-8-5-9-16-28)27-23(18-29)19-13-14-21(26(30)31)25(17-19)32-4-2;;/h6-7,11-14,17-18,22-23,27H,3-5,8-10,15-16H2,1-2H3,(H,30,31);;/q;+1;-1. The van der Waals surface area contributed by atoms with Crippen molar-refractivity contribution in [2.45, 2.75) is 58.0 Å². The number of ether oxygens (including phenoxy) is 1. The number of aromatic carboxylic acids is 1. The molecule has 2 aromatic rings. The van der Waals surface area contributed by atoms with Gasteiger partial charge in [0.15, 0.2) is 0 Å². The van der Waals surface area contributed by atoms with E-state index in [1.165, 1.54) is 36.6 Å². The van der Waals surface area contributed by atoms with Crippen molar-refractivity contribution in [2.24, 2.45) is 0 Å². The molecule has 33 heavy (non-hydrogen) atoms. The van der Waals surface area contributed by atoms with E-state index < -0.39 is 12.0 Å². The first-order valence-electron chi connectivity index (χ1n) is 11.6. The molecule has 0 aromatic heterocycles. The molecule has 174 valence electrons. The maximum absolute atomic E-state index is 12.1. The van der Waals surface area contributed by atoms with Crippen LogP contribution in [0.1, 0.15) is 80.9 Å². The molecule has 0 radical (unpaired) electrons. The van der Waals surface area contributed by atoms with Gasteiger partial charge in [-0.3, -0.25) is 5.32 Å². The monoisotopic (exact) mass is 478 g/mol. The molecule has 1 saturated heterocycles. The summed E-state index contributed by atoms with van der Waals surface area (Å²) in [5.41, 5.74) is 3.24. The summed E-state index contributed by atoms with van der Waals surface area (Å²) in [7, 11) is 0. The molecule has 0 spiro atoms. The number of carbonyl (C=O) groups is 2. The van der Waals surface area contributed by atoms with Crippen LogP contribution >= 0.6 is 0 Å². The molecule has 2 unspecified atom stereocenters. The number of carbonyl (C=O) groups excluding carboxylic acids is 1. The van der Waals surface area contributed by atoms with Crippen molar-refractivity contribution in [1.29, 1.82) is 0 Å². The number of hydrogen-bond acceptors (Lipinski definition) is 5. The molecule has 6 nitrogen and oxygen atoms in total. The van der Waals surface area contributed by atoms with E-state index in [1.54, 1.807) is 12.1 Å². The quantitative estimate of drug-likeness (QED) is 0.381. The van der Waals surface area contributed by atoms with Crippen LogP contribution in [0.2, 0.25) is 0 Å². The van der Waals surface area contributed by atoms with Gasteiger partial charge in [0.2, 0.25) is 0 Å². The summed E-state index contributed by atoms with van der Waals surface area (Å²) in [6.45, 7) is 6.42. The Morgan fingerprint density at radius 2 is 1.91 bits per heavy atom. The van der Waals surface area contributed by atoms with E-state index in [4.69, 9.17) is 4.74 Å². The first kappa shape index (κ1) is 28.0. The summed E-state index contributed by atoms with van der Waals surface area (Å²) >= 11 is 0. The molecule has 0 saturated carbocycles. The summed E-state index contributed by atoms with van der Waals surface area (Å²) in [6.07, 6.45) is 6.43. The Morgan fingerprint density at radius 1 is 1.18 bits per heavy atom. The van der Waals surface area contributed by atoms with Crippen molar-refractivity contribution in [3.05, 3.63) is 59.2 Å². The molecule has 0 amide bonds. The molecule has 0 aliphatic carbocycles. The molecule has 2 atom stereocenters. The van der Waals surface area contributed by atoms with Crippen LogP contribution in [0.15, 0.2) is 42.5 Å². The van der Waals surface area contributed by atoms with Gasteiger partial charge in [0.25, 0.3) is 0 Å². The number of piperidine rings is 1. The van der Waals surface area contributed by atoms with Crippen molar-refractivity contribution < 1.29 is 72.2 Å². The number of para-hydroxylation sites is 1. The summed E-state index contributed by atoms with van der Waals surface area (Å²) in [6, 6.07) is 12.8. The third-order valence-electron chi connectivity index (χ3n) is 6.00. The minimum Gasteiger partial charge on any atom is -1.00 e. The summed E-state index contributed by atoms with van der Waals surface area (Å²) in [4.78, 5) is 26.1. The molecule has 2 N–H and O–H groups in total. The van der Waals surface area contributed by atoms with Gasteiger partial charge in [-0.25, -0.2) is 4.79 Å². The Bertz CT molecular complexity index is 921. The van der Waals surface area contributed by atoms with Crippen LogP contribution in [0.4, 0.5) is 5.69 Å². The second kappa shape index (κ2) is 14.2. The predicted octanol–water partition coefficient (Wildman–Crippen LogP) is 2.26. The van der Waals surface area contributed by atoms with Gasteiger partial charge in [-0.15, -0.1) is 0 Å². The molecule has 0 bridgehead atoms. The second-order valence-electron chi connectivity index (χ2n) is 8.22. The molecule has 1 heterocycles. The van der Waals surface area contributed by atoms with Crippen LogP contribution in [-0.2, 0) is 4.79 Å². The van der Waals surface area contributed by atoms with Gasteiger partial charge in [-0.2, -0.15) is 0 Å². The Labute approximate surface area is 241 Å². The Morgan fingerprint density at radius 3 is 2.55 bits per heavy atom. The van der Waals surface area contributed by atoms with Crippen molar-refractivity contribution in [3.8, 4) is 5.75 Å². The van der Waals surface area contributed by atoms with Gasteiger partial charge in [-0.05, 0) is 61.9 Å². The Kier molecular flexibility index (Phi) is 12.1. The van der Waals surface area contributed by atoms with E-state index in [0.29, 0.717) is 12.2 Å². The molecule has 1 fully saturated rings. The molecule has 1 aliphatic rings. The maximum Gasteiger partial charge on any atom is 1.00 e. The molecule has 7 heteroatoms. The van der Waals surface area contributed by atoms with Crippen molar-refractivity contribution in [1.82, 2.24) is 5.32 Å². The normalized spacial score (nSPS) is 15.3. The van der Waals surface area contributed by atoms with E-state index in [0.717, 1.165) is 32.2 Å². The van der Waals surface area contributed by atoms with Crippen molar-refractivity contribution in [3.63, 3.8) is 0 Å². The van der Waals surface area contributed by atoms with Crippen LogP contribution in [0.25, 0.3) is 0 Å².